The molecule has 1 fully saturated rings. The molecular formula is C14H17ClN2O4. The fraction of sp³-hybridized carbons (Fsp3) is 0.429. The van der Waals surface area contributed by atoms with E-state index in [4.69, 9.17) is 16.3 Å². The fourth-order valence-electron chi connectivity index (χ4n) is 2.18. The predicted octanol–water partition coefficient (Wildman–Crippen LogP) is 2.26. The zero-order valence-electron chi connectivity index (χ0n) is 11.6. The second kappa shape index (κ2) is 6.78. The number of amides is 2. The highest BCUT2D eigenvalue weighted by Crippen LogP contribution is 2.20. The van der Waals surface area contributed by atoms with Crippen molar-refractivity contribution in [2.75, 3.05) is 18.5 Å². The van der Waals surface area contributed by atoms with E-state index >= 15 is 0 Å². The van der Waals surface area contributed by atoms with Crippen LogP contribution >= 0.6 is 11.6 Å². The number of ether oxygens (including phenoxy) is 1. The number of carboxylic acids is 1. The monoisotopic (exact) mass is 312 g/mol. The minimum atomic E-state index is -1.07. The number of carbonyl (C=O) groups excluding carboxylic acids is 1. The maximum Gasteiger partial charge on any atom is 0.326 e. The summed E-state index contributed by atoms with van der Waals surface area (Å²) in [5.74, 6) is -1.28. The van der Waals surface area contributed by atoms with E-state index in [1.807, 2.05) is 6.92 Å². The normalized spacial score (nSPS) is 19.0. The van der Waals surface area contributed by atoms with E-state index in [1.54, 1.807) is 18.2 Å². The third-order valence-electron chi connectivity index (χ3n) is 3.42. The Morgan fingerprint density at radius 3 is 2.81 bits per heavy atom. The summed E-state index contributed by atoms with van der Waals surface area (Å²) in [7, 11) is 0. The van der Waals surface area contributed by atoms with Gasteiger partial charge >= 0.3 is 12.0 Å². The molecular weight excluding hydrogens is 296 g/mol. The molecule has 6 nitrogen and oxygen atoms in total. The van der Waals surface area contributed by atoms with Crippen molar-refractivity contribution in [3.8, 4) is 0 Å². The molecule has 1 aliphatic heterocycles. The van der Waals surface area contributed by atoms with Crippen molar-refractivity contribution >= 4 is 29.3 Å². The van der Waals surface area contributed by atoms with Crippen LogP contribution in [0.5, 0.6) is 0 Å². The number of aliphatic carboxylic acids is 1. The molecule has 2 rings (SSSR count). The van der Waals surface area contributed by atoms with E-state index in [0.717, 1.165) is 5.56 Å². The van der Waals surface area contributed by atoms with Crippen molar-refractivity contribution in [3.05, 3.63) is 28.8 Å². The summed E-state index contributed by atoms with van der Waals surface area (Å²) in [5, 5.41) is 14.8. The first-order chi connectivity index (χ1) is 9.97. The van der Waals surface area contributed by atoms with Crippen molar-refractivity contribution in [2.45, 2.75) is 19.4 Å². The smallest absolute Gasteiger partial charge is 0.326 e. The Bertz CT molecular complexity index is 544. The third kappa shape index (κ3) is 4.09. The first-order valence-corrected chi connectivity index (χ1v) is 6.99. The summed E-state index contributed by atoms with van der Waals surface area (Å²) < 4.78 is 5.16. The summed E-state index contributed by atoms with van der Waals surface area (Å²) in [4.78, 5) is 23.2. The Morgan fingerprint density at radius 1 is 1.48 bits per heavy atom. The second-order valence-electron chi connectivity index (χ2n) is 5.00. The van der Waals surface area contributed by atoms with Crippen molar-refractivity contribution in [3.63, 3.8) is 0 Å². The Labute approximate surface area is 127 Å². The van der Waals surface area contributed by atoms with Gasteiger partial charge in [-0.15, -0.1) is 0 Å². The zero-order chi connectivity index (χ0) is 15.4. The van der Waals surface area contributed by atoms with Crippen LogP contribution in [0.4, 0.5) is 10.5 Å². The van der Waals surface area contributed by atoms with Crippen LogP contribution in [0.1, 0.15) is 12.0 Å². The molecule has 7 heteroatoms. The van der Waals surface area contributed by atoms with E-state index in [1.165, 1.54) is 0 Å². The Hall–Kier alpha value is -1.79. The number of rotatable bonds is 4. The van der Waals surface area contributed by atoms with Gasteiger partial charge in [0.2, 0.25) is 0 Å². The lowest BCUT2D eigenvalue weighted by Gasteiger charge is -2.19. The molecule has 3 N–H and O–H groups in total. The highest BCUT2D eigenvalue weighted by Gasteiger charge is 2.32. The Morgan fingerprint density at radius 2 is 2.24 bits per heavy atom. The molecule has 1 aromatic carbocycles. The van der Waals surface area contributed by atoms with Crippen molar-refractivity contribution < 1.29 is 19.4 Å². The van der Waals surface area contributed by atoms with Crippen LogP contribution in [0.25, 0.3) is 0 Å². The number of nitrogens with one attached hydrogen (secondary N) is 2. The lowest BCUT2D eigenvalue weighted by Crippen LogP contribution is -2.47. The first-order valence-electron chi connectivity index (χ1n) is 6.61. The molecule has 114 valence electrons. The lowest BCUT2D eigenvalue weighted by atomic mass is 9.99. The summed E-state index contributed by atoms with van der Waals surface area (Å²) in [6, 6.07) is 3.56. The third-order valence-corrected chi connectivity index (χ3v) is 3.83. The quantitative estimate of drug-likeness (QED) is 0.796. The number of carbonyl (C=O) groups is 2. The largest absolute Gasteiger partial charge is 0.480 e. The summed E-state index contributed by atoms with van der Waals surface area (Å²) in [6.07, 6.45) is 0.619. The van der Waals surface area contributed by atoms with Crippen molar-refractivity contribution in [2.24, 2.45) is 5.92 Å². The molecule has 2 atom stereocenters. The van der Waals surface area contributed by atoms with Crippen LogP contribution in [-0.2, 0) is 9.53 Å². The molecule has 0 unspecified atom stereocenters. The number of carboxylic acid groups (broad SMARTS) is 1. The second-order valence-corrected chi connectivity index (χ2v) is 5.41. The Balaban J connectivity index is 1.98. The number of benzene rings is 1. The van der Waals surface area contributed by atoms with Gasteiger partial charge in [0.25, 0.3) is 0 Å². The van der Waals surface area contributed by atoms with Gasteiger partial charge in [0, 0.05) is 23.2 Å². The molecule has 2 amide bonds. The average molecular weight is 313 g/mol. The summed E-state index contributed by atoms with van der Waals surface area (Å²) >= 11 is 5.97. The van der Waals surface area contributed by atoms with Gasteiger partial charge in [0.05, 0.1) is 6.61 Å². The van der Waals surface area contributed by atoms with Gasteiger partial charge in [0.1, 0.15) is 6.04 Å². The molecule has 0 aliphatic carbocycles. The molecule has 0 radical (unpaired) electrons. The fourth-order valence-corrected chi connectivity index (χ4v) is 2.36. The molecule has 1 heterocycles. The average Bonchev–Trinajstić information content (AvgIpc) is 2.93. The number of urea groups is 1. The molecule has 1 aliphatic rings. The maximum atomic E-state index is 11.9. The van der Waals surface area contributed by atoms with E-state index in [9.17, 15) is 14.7 Å². The number of hydrogen-bond acceptors (Lipinski definition) is 3. The molecule has 0 aromatic heterocycles. The highest BCUT2D eigenvalue weighted by molar-refractivity contribution is 6.31. The van der Waals surface area contributed by atoms with Crippen LogP contribution in [0, 0.1) is 12.8 Å². The number of anilines is 1. The van der Waals surface area contributed by atoms with E-state index < -0.39 is 18.0 Å². The molecule has 1 saturated heterocycles. The van der Waals surface area contributed by atoms with E-state index in [-0.39, 0.29) is 5.92 Å². The van der Waals surface area contributed by atoms with Gasteiger partial charge in [0.15, 0.2) is 0 Å². The van der Waals surface area contributed by atoms with Gasteiger partial charge in [-0.25, -0.2) is 9.59 Å². The highest BCUT2D eigenvalue weighted by atomic mass is 35.5. The molecule has 0 spiro atoms. The topological polar surface area (TPSA) is 87.7 Å². The standard InChI is InChI=1S/C14H17ClN2O4/c1-8-2-3-10(6-11(8)15)16-14(20)17-12(13(18)19)9-4-5-21-7-9/h2-3,6,9,12H,4-5,7H2,1H3,(H,18,19)(H2,16,17,20)/t9-,12-/m0/s1. The molecule has 21 heavy (non-hydrogen) atoms. The minimum Gasteiger partial charge on any atom is -0.480 e. The number of aryl methyl sites for hydroxylation is 1. The summed E-state index contributed by atoms with van der Waals surface area (Å²) in [5.41, 5.74) is 1.41. The van der Waals surface area contributed by atoms with E-state index in [2.05, 4.69) is 10.6 Å². The van der Waals surface area contributed by atoms with Crippen molar-refractivity contribution in [1.82, 2.24) is 5.32 Å². The van der Waals surface area contributed by atoms with Crippen LogP contribution in [-0.4, -0.2) is 36.4 Å². The van der Waals surface area contributed by atoms with Gasteiger partial charge in [-0.1, -0.05) is 17.7 Å². The van der Waals surface area contributed by atoms with Gasteiger partial charge < -0.3 is 20.5 Å². The van der Waals surface area contributed by atoms with Crippen LogP contribution in [0.2, 0.25) is 5.02 Å². The van der Waals surface area contributed by atoms with Crippen LogP contribution in [0.15, 0.2) is 18.2 Å². The number of hydrogen-bond donors (Lipinski definition) is 3. The Kier molecular flexibility index (Phi) is 5.03. The lowest BCUT2D eigenvalue weighted by molar-refractivity contribution is -0.140. The first kappa shape index (κ1) is 15.6. The molecule has 0 saturated carbocycles. The van der Waals surface area contributed by atoms with Crippen LogP contribution in [0.3, 0.4) is 0 Å². The zero-order valence-corrected chi connectivity index (χ0v) is 12.3. The minimum absolute atomic E-state index is 0.213. The van der Waals surface area contributed by atoms with Crippen molar-refractivity contribution in [1.29, 1.82) is 0 Å². The van der Waals surface area contributed by atoms with Gasteiger partial charge in [-0.05, 0) is 31.0 Å². The van der Waals surface area contributed by atoms with Gasteiger partial charge in [-0.2, -0.15) is 0 Å². The maximum absolute atomic E-state index is 11.9. The molecule has 0 bridgehead atoms. The molecule has 1 aromatic rings. The SMILES string of the molecule is Cc1ccc(NC(=O)N[C@H](C(=O)O)[C@H]2CCOC2)cc1Cl. The van der Waals surface area contributed by atoms with Crippen LogP contribution < -0.4 is 10.6 Å². The van der Waals surface area contributed by atoms with E-state index in [0.29, 0.717) is 30.3 Å². The summed E-state index contributed by atoms with van der Waals surface area (Å²) in [6.45, 7) is 2.71. The number of halogens is 1. The van der Waals surface area contributed by atoms with Gasteiger partial charge in [-0.3, -0.25) is 0 Å². The predicted molar refractivity (Wildman–Crippen MR) is 78.7 cm³/mol.